The van der Waals surface area contributed by atoms with Crippen LogP contribution in [-0.2, 0) is 0 Å². The lowest BCUT2D eigenvalue weighted by Gasteiger charge is -2.28. The minimum absolute atomic E-state index is 0.229. The summed E-state index contributed by atoms with van der Waals surface area (Å²) in [6.07, 6.45) is 0.229. The maximum absolute atomic E-state index is 5.25. The molecule has 3 heteroatoms. The Morgan fingerprint density at radius 2 is 1.33 bits per heavy atom. The summed E-state index contributed by atoms with van der Waals surface area (Å²) in [5.41, 5.74) is 6.53. The van der Waals surface area contributed by atoms with E-state index in [9.17, 15) is 0 Å². The molecule has 1 aliphatic heterocycles. The van der Waals surface area contributed by atoms with Crippen molar-refractivity contribution in [2.24, 2.45) is 0 Å². The first-order chi connectivity index (χ1) is 10.0. The number of methoxy groups -OCH3 is 1. The highest BCUT2D eigenvalue weighted by Crippen LogP contribution is 2.45. The van der Waals surface area contributed by atoms with E-state index in [0.717, 1.165) is 5.75 Å². The second-order valence-electron chi connectivity index (χ2n) is 5.79. The van der Waals surface area contributed by atoms with Gasteiger partial charge in [-0.05, 0) is 54.8 Å². The van der Waals surface area contributed by atoms with E-state index in [2.05, 4.69) is 62.0 Å². The van der Waals surface area contributed by atoms with Gasteiger partial charge < -0.3 is 14.5 Å². The molecule has 0 aromatic heterocycles. The maximum atomic E-state index is 5.25. The van der Waals surface area contributed by atoms with Crippen LogP contribution in [0.3, 0.4) is 0 Å². The zero-order valence-electron chi connectivity index (χ0n) is 13.3. The summed E-state index contributed by atoms with van der Waals surface area (Å²) in [7, 11) is 6.02. The normalized spacial score (nSPS) is 14.5. The second kappa shape index (κ2) is 4.99. The topological polar surface area (TPSA) is 15.7 Å². The summed E-state index contributed by atoms with van der Waals surface area (Å²) < 4.78 is 5.25. The van der Waals surface area contributed by atoms with Gasteiger partial charge in [-0.1, -0.05) is 12.1 Å². The van der Waals surface area contributed by atoms with E-state index in [1.807, 2.05) is 12.1 Å². The standard InChI is InChI=1S/C18H22N2O/c1-12-10-16-17(11-13(12)2)20(4)18(19(16)3)14-6-8-15(21-5)9-7-14/h6-11,18H,1-5H3. The van der Waals surface area contributed by atoms with Gasteiger partial charge in [0, 0.05) is 14.1 Å². The van der Waals surface area contributed by atoms with E-state index in [1.165, 1.54) is 28.1 Å². The number of aryl methyl sites for hydroxylation is 2. The largest absolute Gasteiger partial charge is 0.497 e. The molecule has 0 amide bonds. The minimum atomic E-state index is 0.229. The summed E-state index contributed by atoms with van der Waals surface area (Å²) in [5, 5.41) is 0. The Bertz CT molecular complexity index is 629. The van der Waals surface area contributed by atoms with Crippen molar-refractivity contribution in [3.05, 3.63) is 53.1 Å². The van der Waals surface area contributed by atoms with E-state index in [-0.39, 0.29) is 6.17 Å². The molecule has 0 unspecified atom stereocenters. The molecule has 21 heavy (non-hydrogen) atoms. The smallest absolute Gasteiger partial charge is 0.128 e. The number of hydrogen-bond acceptors (Lipinski definition) is 3. The second-order valence-corrected chi connectivity index (χ2v) is 5.79. The maximum Gasteiger partial charge on any atom is 0.128 e. The molecule has 0 saturated heterocycles. The SMILES string of the molecule is COc1ccc(C2N(C)c3cc(C)c(C)cc3N2C)cc1. The van der Waals surface area contributed by atoms with Crippen molar-refractivity contribution in [3.8, 4) is 5.75 Å². The molecule has 2 aromatic carbocycles. The number of rotatable bonds is 2. The Morgan fingerprint density at radius 1 is 0.857 bits per heavy atom. The molecule has 110 valence electrons. The summed E-state index contributed by atoms with van der Waals surface area (Å²) >= 11 is 0. The zero-order valence-corrected chi connectivity index (χ0v) is 13.3. The van der Waals surface area contributed by atoms with Crippen molar-refractivity contribution in [3.63, 3.8) is 0 Å². The third-order valence-corrected chi connectivity index (χ3v) is 4.50. The van der Waals surface area contributed by atoms with Gasteiger partial charge in [-0.25, -0.2) is 0 Å². The van der Waals surface area contributed by atoms with Crippen LogP contribution < -0.4 is 14.5 Å². The fraction of sp³-hybridized carbons (Fsp3) is 0.333. The van der Waals surface area contributed by atoms with Gasteiger partial charge in [-0.3, -0.25) is 0 Å². The predicted molar refractivity (Wildman–Crippen MR) is 88.5 cm³/mol. The molecule has 0 fully saturated rings. The molecular weight excluding hydrogens is 260 g/mol. The van der Waals surface area contributed by atoms with Crippen LogP contribution in [0.1, 0.15) is 22.9 Å². The van der Waals surface area contributed by atoms with Crippen LogP contribution >= 0.6 is 0 Å². The predicted octanol–water partition coefficient (Wildman–Crippen LogP) is 3.90. The van der Waals surface area contributed by atoms with Crippen LogP contribution in [0.4, 0.5) is 11.4 Å². The molecule has 0 N–H and O–H groups in total. The summed E-state index contributed by atoms with van der Waals surface area (Å²) in [4.78, 5) is 4.67. The van der Waals surface area contributed by atoms with Gasteiger partial charge in [0.15, 0.2) is 0 Å². The molecule has 0 radical (unpaired) electrons. The molecule has 3 nitrogen and oxygen atoms in total. The van der Waals surface area contributed by atoms with E-state index >= 15 is 0 Å². The summed E-state index contributed by atoms with van der Waals surface area (Å²) in [5.74, 6) is 0.895. The molecule has 0 bridgehead atoms. The minimum Gasteiger partial charge on any atom is -0.497 e. The van der Waals surface area contributed by atoms with Gasteiger partial charge in [0.2, 0.25) is 0 Å². The quantitative estimate of drug-likeness (QED) is 0.831. The molecular formula is C18H22N2O. The molecule has 3 rings (SSSR count). The average molecular weight is 282 g/mol. The van der Waals surface area contributed by atoms with Crippen molar-refractivity contribution in [1.82, 2.24) is 0 Å². The van der Waals surface area contributed by atoms with Gasteiger partial charge in [0.1, 0.15) is 11.9 Å². The van der Waals surface area contributed by atoms with Crippen molar-refractivity contribution >= 4 is 11.4 Å². The third-order valence-electron chi connectivity index (χ3n) is 4.50. The zero-order chi connectivity index (χ0) is 15.1. The van der Waals surface area contributed by atoms with Crippen LogP contribution in [0.25, 0.3) is 0 Å². The Labute approximate surface area is 126 Å². The molecule has 0 saturated carbocycles. The Balaban J connectivity index is 2.02. The van der Waals surface area contributed by atoms with Crippen LogP contribution in [-0.4, -0.2) is 21.2 Å². The van der Waals surface area contributed by atoms with E-state index in [1.54, 1.807) is 7.11 Å². The first-order valence-corrected chi connectivity index (χ1v) is 7.24. The molecule has 0 spiro atoms. The number of hydrogen-bond donors (Lipinski definition) is 0. The Kier molecular flexibility index (Phi) is 3.28. The highest BCUT2D eigenvalue weighted by atomic mass is 16.5. The van der Waals surface area contributed by atoms with E-state index in [4.69, 9.17) is 4.74 Å². The van der Waals surface area contributed by atoms with Crippen molar-refractivity contribution in [2.45, 2.75) is 20.0 Å². The first kappa shape index (κ1) is 13.8. The van der Waals surface area contributed by atoms with Gasteiger partial charge in [-0.15, -0.1) is 0 Å². The third kappa shape index (κ3) is 2.13. The Hall–Kier alpha value is -2.16. The molecule has 0 atom stereocenters. The van der Waals surface area contributed by atoms with Gasteiger partial charge in [-0.2, -0.15) is 0 Å². The monoisotopic (exact) mass is 282 g/mol. The van der Waals surface area contributed by atoms with E-state index in [0.29, 0.717) is 0 Å². The van der Waals surface area contributed by atoms with Gasteiger partial charge >= 0.3 is 0 Å². The highest BCUT2D eigenvalue weighted by molar-refractivity contribution is 5.79. The molecule has 0 aliphatic carbocycles. The van der Waals surface area contributed by atoms with Gasteiger partial charge in [0.05, 0.1) is 18.5 Å². The van der Waals surface area contributed by atoms with Crippen molar-refractivity contribution in [2.75, 3.05) is 31.0 Å². The molecule has 2 aromatic rings. The average Bonchev–Trinajstić information content (AvgIpc) is 2.72. The number of benzene rings is 2. The van der Waals surface area contributed by atoms with Crippen LogP contribution in [0, 0.1) is 13.8 Å². The summed E-state index contributed by atoms with van der Waals surface area (Å²) in [6.45, 7) is 4.34. The molecule has 1 aliphatic rings. The number of anilines is 2. The summed E-state index contributed by atoms with van der Waals surface area (Å²) in [6, 6.07) is 12.9. The number of nitrogens with zero attached hydrogens (tertiary/aromatic N) is 2. The lowest BCUT2D eigenvalue weighted by atomic mass is 10.1. The lowest BCUT2D eigenvalue weighted by Crippen LogP contribution is -2.30. The van der Waals surface area contributed by atoms with Gasteiger partial charge in [0.25, 0.3) is 0 Å². The highest BCUT2D eigenvalue weighted by Gasteiger charge is 2.32. The Morgan fingerprint density at radius 3 is 1.76 bits per heavy atom. The van der Waals surface area contributed by atoms with Crippen LogP contribution in [0.5, 0.6) is 5.75 Å². The van der Waals surface area contributed by atoms with E-state index < -0.39 is 0 Å². The van der Waals surface area contributed by atoms with Crippen molar-refractivity contribution in [1.29, 1.82) is 0 Å². The fourth-order valence-electron chi connectivity index (χ4n) is 3.10. The van der Waals surface area contributed by atoms with Crippen LogP contribution in [0.15, 0.2) is 36.4 Å². The first-order valence-electron chi connectivity index (χ1n) is 7.24. The molecule has 1 heterocycles. The fourth-order valence-corrected chi connectivity index (χ4v) is 3.10. The lowest BCUT2D eigenvalue weighted by molar-refractivity contribution is 0.414. The number of fused-ring (bicyclic) bond motifs is 1. The number of ether oxygens (including phenoxy) is 1. The van der Waals surface area contributed by atoms with Crippen LogP contribution in [0.2, 0.25) is 0 Å². The van der Waals surface area contributed by atoms with Crippen molar-refractivity contribution < 1.29 is 4.74 Å².